The monoisotopic (exact) mass is 395 g/mol. The van der Waals surface area contributed by atoms with Gasteiger partial charge in [-0.1, -0.05) is 56.1 Å². The third-order valence-electron chi connectivity index (χ3n) is 4.27. The van der Waals surface area contributed by atoms with Crippen LogP contribution in [-0.2, 0) is 4.79 Å². The highest BCUT2D eigenvalue weighted by Gasteiger charge is 2.17. The van der Waals surface area contributed by atoms with Crippen LogP contribution in [0.1, 0.15) is 32.6 Å². The second-order valence-electron chi connectivity index (χ2n) is 6.41. The van der Waals surface area contributed by atoms with Gasteiger partial charge in [-0.05, 0) is 30.7 Å². The first kappa shape index (κ1) is 20.1. The Labute approximate surface area is 169 Å². The van der Waals surface area contributed by atoms with Crippen molar-refractivity contribution < 1.29 is 4.79 Å². The van der Waals surface area contributed by atoms with Crippen LogP contribution in [-0.4, -0.2) is 38.0 Å². The van der Waals surface area contributed by atoms with E-state index in [2.05, 4.69) is 27.4 Å². The Hall–Kier alpha value is -2.67. The van der Waals surface area contributed by atoms with E-state index in [0.717, 1.165) is 36.5 Å². The van der Waals surface area contributed by atoms with E-state index in [4.69, 9.17) is 0 Å². The van der Waals surface area contributed by atoms with Gasteiger partial charge in [-0.25, -0.2) is 0 Å². The molecule has 2 heterocycles. The minimum absolute atomic E-state index is 0.0228. The fourth-order valence-corrected chi connectivity index (χ4v) is 3.60. The number of aromatic nitrogens is 4. The Bertz CT molecular complexity index is 867. The van der Waals surface area contributed by atoms with Crippen molar-refractivity contribution in [3.8, 4) is 17.1 Å². The molecule has 0 unspecified atom stereocenters. The summed E-state index contributed by atoms with van der Waals surface area (Å²) in [5.41, 5.74) is 1.89. The van der Waals surface area contributed by atoms with Crippen LogP contribution in [0.3, 0.4) is 0 Å². The van der Waals surface area contributed by atoms with Gasteiger partial charge in [0.2, 0.25) is 5.91 Å². The van der Waals surface area contributed by atoms with E-state index in [9.17, 15) is 4.79 Å². The molecule has 1 aromatic carbocycles. The van der Waals surface area contributed by atoms with Gasteiger partial charge in [0, 0.05) is 30.2 Å². The summed E-state index contributed by atoms with van der Waals surface area (Å²) >= 11 is 1.40. The van der Waals surface area contributed by atoms with Gasteiger partial charge in [-0.15, -0.1) is 10.2 Å². The van der Waals surface area contributed by atoms with E-state index in [1.54, 1.807) is 12.4 Å². The maximum absolute atomic E-state index is 12.2. The lowest BCUT2D eigenvalue weighted by molar-refractivity contribution is -0.118. The number of pyridine rings is 1. The summed E-state index contributed by atoms with van der Waals surface area (Å²) in [5.74, 6) is 1.07. The van der Waals surface area contributed by atoms with Crippen molar-refractivity contribution in [1.29, 1.82) is 0 Å². The number of thioether (sulfide) groups is 1. The number of para-hydroxylation sites is 1. The first-order valence-corrected chi connectivity index (χ1v) is 10.6. The molecule has 0 atom stereocenters. The molecular weight excluding hydrogens is 370 g/mol. The number of hydrogen-bond donors (Lipinski definition) is 1. The standard InChI is InChI=1S/C21H25N5OS/c1-2-3-4-8-13-23-19(27)16-28-21-25-24-20(17-11-14-22-15-12-17)26(21)18-9-6-5-7-10-18/h5-7,9-12,14-15H,2-4,8,13,16H2,1H3,(H,23,27). The predicted octanol–water partition coefficient (Wildman–Crippen LogP) is 4.12. The SMILES string of the molecule is CCCCCCNC(=O)CSc1nnc(-c2ccncc2)n1-c1ccccc1. The average molecular weight is 396 g/mol. The van der Waals surface area contributed by atoms with Crippen LogP contribution < -0.4 is 5.32 Å². The zero-order valence-corrected chi connectivity index (χ0v) is 16.9. The van der Waals surface area contributed by atoms with E-state index < -0.39 is 0 Å². The van der Waals surface area contributed by atoms with E-state index in [-0.39, 0.29) is 5.91 Å². The van der Waals surface area contributed by atoms with E-state index >= 15 is 0 Å². The third-order valence-corrected chi connectivity index (χ3v) is 5.20. The molecule has 3 aromatic rings. The number of carbonyl (C=O) groups is 1. The number of benzene rings is 1. The molecule has 28 heavy (non-hydrogen) atoms. The van der Waals surface area contributed by atoms with Crippen LogP contribution in [0, 0.1) is 0 Å². The van der Waals surface area contributed by atoms with Gasteiger partial charge in [0.1, 0.15) is 0 Å². The maximum Gasteiger partial charge on any atom is 0.230 e. The van der Waals surface area contributed by atoms with Crippen LogP contribution >= 0.6 is 11.8 Å². The van der Waals surface area contributed by atoms with Crippen molar-refractivity contribution in [3.05, 3.63) is 54.9 Å². The number of rotatable bonds is 10. The van der Waals surface area contributed by atoms with Gasteiger partial charge in [0.05, 0.1) is 5.75 Å². The van der Waals surface area contributed by atoms with Gasteiger partial charge in [0.15, 0.2) is 11.0 Å². The predicted molar refractivity (Wildman–Crippen MR) is 112 cm³/mol. The molecule has 3 rings (SSSR count). The van der Waals surface area contributed by atoms with Crippen LogP contribution in [0.15, 0.2) is 60.0 Å². The smallest absolute Gasteiger partial charge is 0.230 e. The average Bonchev–Trinajstić information content (AvgIpc) is 3.17. The topological polar surface area (TPSA) is 72.7 Å². The van der Waals surface area contributed by atoms with Crippen molar-refractivity contribution in [2.75, 3.05) is 12.3 Å². The highest BCUT2D eigenvalue weighted by Crippen LogP contribution is 2.27. The number of hydrogen-bond acceptors (Lipinski definition) is 5. The summed E-state index contributed by atoms with van der Waals surface area (Å²) in [5, 5.41) is 12.4. The van der Waals surface area contributed by atoms with Crippen molar-refractivity contribution in [1.82, 2.24) is 25.1 Å². The number of amides is 1. The summed E-state index contributed by atoms with van der Waals surface area (Å²) in [6.07, 6.45) is 8.05. The first-order chi connectivity index (χ1) is 13.8. The Morgan fingerprint density at radius 2 is 1.82 bits per heavy atom. The Balaban J connectivity index is 1.71. The zero-order valence-electron chi connectivity index (χ0n) is 16.0. The molecule has 0 aliphatic heterocycles. The Kier molecular flexibility index (Phi) is 7.61. The lowest BCUT2D eigenvalue weighted by atomic mass is 10.2. The minimum Gasteiger partial charge on any atom is -0.355 e. The fourth-order valence-electron chi connectivity index (χ4n) is 2.82. The third kappa shape index (κ3) is 5.42. The number of nitrogens with one attached hydrogen (secondary N) is 1. The van der Waals surface area contributed by atoms with E-state index in [1.165, 1.54) is 24.6 Å². The summed E-state index contributed by atoms with van der Waals surface area (Å²) < 4.78 is 1.98. The molecular formula is C21H25N5OS. The molecule has 0 aliphatic rings. The molecule has 1 amide bonds. The number of carbonyl (C=O) groups excluding carboxylic acids is 1. The molecule has 6 nitrogen and oxygen atoms in total. The molecule has 0 bridgehead atoms. The zero-order chi connectivity index (χ0) is 19.6. The van der Waals surface area contributed by atoms with Crippen molar-refractivity contribution in [3.63, 3.8) is 0 Å². The van der Waals surface area contributed by atoms with Crippen LogP contribution in [0.2, 0.25) is 0 Å². The molecule has 146 valence electrons. The highest BCUT2D eigenvalue weighted by atomic mass is 32.2. The lowest BCUT2D eigenvalue weighted by Crippen LogP contribution is -2.26. The summed E-state index contributed by atoms with van der Waals surface area (Å²) in [6, 6.07) is 13.7. The summed E-state index contributed by atoms with van der Waals surface area (Å²) in [4.78, 5) is 16.2. The summed E-state index contributed by atoms with van der Waals surface area (Å²) in [6.45, 7) is 2.91. The Morgan fingerprint density at radius 1 is 1.04 bits per heavy atom. The second-order valence-corrected chi connectivity index (χ2v) is 7.35. The van der Waals surface area contributed by atoms with Gasteiger partial charge < -0.3 is 5.32 Å². The molecule has 0 fully saturated rings. The van der Waals surface area contributed by atoms with E-state index in [0.29, 0.717) is 10.9 Å². The molecule has 0 saturated carbocycles. The molecule has 7 heteroatoms. The highest BCUT2D eigenvalue weighted by molar-refractivity contribution is 7.99. The molecule has 0 spiro atoms. The minimum atomic E-state index is 0.0228. The molecule has 2 aromatic heterocycles. The lowest BCUT2D eigenvalue weighted by Gasteiger charge is -2.10. The summed E-state index contributed by atoms with van der Waals surface area (Å²) in [7, 11) is 0. The fraction of sp³-hybridized carbons (Fsp3) is 0.333. The van der Waals surface area contributed by atoms with Gasteiger partial charge in [-0.2, -0.15) is 0 Å². The number of nitrogens with zero attached hydrogens (tertiary/aromatic N) is 4. The van der Waals surface area contributed by atoms with Crippen LogP contribution in [0.4, 0.5) is 0 Å². The largest absolute Gasteiger partial charge is 0.355 e. The van der Waals surface area contributed by atoms with Gasteiger partial charge in [-0.3, -0.25) is 14.3 Å². The number of unbranched alkanes of at least 4 members (excludes halogenated alkanes) is 3. The molecule has 0 saturated heterocycles. The van der Waals surface area contributed by atoms with Crippen LogP contribution in [0.25, 0.3) is 17.1 Å². The normalized spacial score (nSPS) is 10.8. The first-order valence-electron chi connectivity index (χ1n) is 9.60. The van der Waals surface area contributed by atoms with Crippen molar-refractivity contribution in [2.45, 2.75) is 37.8 Å². The van der Waals surface area contributed by atoms with Crippen LogP contribution in [0.5, 0.6) is 0 Å². The molecule has 0 aliphatic carbocycles. The van der Waals surface area contributed by atoms with Gasteiger partial charge in [0.25, 0.3) is 0 Å². The molecule has 1 N–H and O–H groups in total. The Morgan fingerprint density at radius 3 is 2.57 bits per heavy atom. The molecule has 0 radical (unpaired) electrons. The quantitative estimate of drug-likeness (QED) is 0.413. The second kappa shape index (κ2) is 10.6. The van der Waals surface area contributed by atoms with E-state index in [1.807, 2.05) is 47.0 Å². The maximum atomic E-state index is 12.2. The van der Waals surface area contributed by atoms with Crippen molar-refractivity contribution in [2.24, 2.45) is 0 Å². The van der Waals surface area contributed by atoms with Gasteiger partial charge >= 0.3 is 0 Å². The van der Waals surface area contributed by atoms with Crippen molar-refractivity contribution >= 4 is 17.7 Å².